The van der Waals surface area contributed by atoms with E-state index in [1.807, 2.05) is 6.07 Å². The highest BCUT2D eigenvalue weighted by molar-refractivity contribution is 9.10. The summed E-state index contributed by atoms with van der Waals surface area (Å²) < 4.78 is 14.9. The second-order valence-corrected chi connectivity index (χ2v) is 6.98. The van der Waals surface area contributed by atoms with Crippen LogP contribution in [-0.4, -0.2) is 29.6 Å². The van der Waals surface area contributed by atoms with Crippen LogP contribution in [0, 0.1) is 5.82 Å². The number of benzene rings is 1. The summed E-state index contributed by atoms with van der Waals surface area (Å²) in [7, 11) is 0. The first-order chi connectivity index (χ1) is 10.0. The van der Waals surface area contributed by atoms with Crippen LogP contribution < -0.4 is 11.3 Å². The molecule has 5 heteroatoms. The Hall–Kier alpha value is -0.490. The van der Waals surface area contributed by atoms with E-state index in [0.717, 1.165) is 24.0 Å². The first-order valence-corrected chi connectivity index (χ1v) is 8.45. The van der Waals surface area contributed by atoms with Crippen LogP contribution in [0.15, 0.2) is 22.7 Å². The molecule has 3 N–H and O–H groups in total. The lowest BCUT2D eigenvalue weighted by molar-refractivity contribution is 0.0837. The van der Waals surface area contributed by atoms with Crippen molar-refractivity contribution in [2.45, 2.75) is 51.1 Å². The van der Waals surface area contributed by atoms with Crippen LogP contribution in [0.1, 0.15) is 38.7 Å². The standard InChI is InChI=1S/C16H25BrFN3/c1-3-16(2,21-8-4-5-9-21)15(20-19)11-12-10-13(17)6-7-14(12)18/h6-7,10,15,20H,3-5,8-9,11,19H2,1-2H3. The van der Waals surface area contributed by atoms with Crippen molar-refractivity contribution >= 4 is 15.9 Å². The highest BCUT2D eigenvalue weighted by atomic mass is 79.9. The van der Waals surface area contributed by atoms with Crippen LogP contribution in [0.25, 0.3) is 0 Å². The average Bonchev–Trinajstić information content (AvgIpc) is 3.02. The maximum Gasteiger partial charge on any atom is 0.126 e. The van der Waals surface area contributed by atoms with Gasteiger partial charge in [0, 0.05) is 16.1 Å². The molecule has 0 amide bonds. The number of nitrogens with two attached hydrogens (primary N) is 1. The van der Waals surface area contributed by atoms with Crippen molar-refractivity contribution in [3.05, 3.63) is 34.1 Å². The Balaban J connectivity index is 2.22. The Labute approximate surface area is 135 Å². The zero-order valence-electron chi connectivity index (χ0n) is 12.8. The van der Waals surface area contributed by atoms with E-state index < -0.39 is 0 Å². The van der Waals surface area contributed by atoms with Gasteiger partial charge in [-0.1, -0.05) is 22.9 Å². The van der Waals surface area contributed by atoms with E-state index in [2.05, 4.69) is 40.1 Å². The van der Waals surface area contributed by atoms with Gasteiger partial charge in [0.25, 0.3) is 0 Å². The fourth-order valence-electron chi connectivity index (χ4n) is 3.30. The predicted molar refractivity (Wildman–Crippen MR) is 88.4 cm³/mol. The number of likely N-dealkylation sites (tertiary alicyclic amines) is 1. The topological polar surface area (TPSA) is 41.3 Å². The lowest BCUT2D eigenvalue weighted by Crippen LogP contribution is -2.61. The molecule has 2 unspecified atom stereocenters. The van der Waals surface area contributed by atoms with Crippen molar-refractivity contribution in [3.8, 4) is 0 Å². The van der Waals surface area contributed by atoms with Crippen LogP contribution >= 0.6 is 15.9 Å². The maximum absolute atomic E-state index is 14.0. The van der Waals surface area contributed by atoms with E-state index in [0.29, 0.717) is 12.0 Å². The van der Waals surface area contributed by atoms with E-state index in [-0.39, 0.29) is 17.4 Å². The quantitative estimate of drug-likeness (QED) is 0.606. The predicted octanol–water partition coefficient (Wildman–Crippen LogP) is 3.23. The molecular formula is C16H25BrFN3. The molecule has 0 aromatic heterocycles. The molecule has 1 heterocycles. The number of hydrogen-bond donors (Lipinski definition) is 2. The Kier molecular flexibility index (Phi) is 5.77. The lowest BCUT2D eigenvalue weighted by Gasteiger charge is -2.44. The van der Waals surface area contributed by atoms with Gasteiger partial charge in [0.2, 0.25) is 0 Å². The van der Waals surface area contributed by atoms with Gasteiger partial charge in [-0.2, -0.15) is 0 Å². The molecule has 1 aliphatic rings. The number of halogens is 2. The molecule has 118 valence electrons. The molecule has 0 spiro atoms. The van der Waals surface area contributed by atoms with Crippen molar-refractivity contribution in [1.29, 1.82) is 0 Å². The second kappa shape index (κ2) is 7.18. The molecule has 21 heavy (non-hydrogen) atoms. The van der Waals surface area contributed by atoms with Gasteiger partial charge < -0.3 is 0 Å². The number of nitrogens with zero attached hydrogens (tertiary/aromatic N) is 1. The van der Waals surface area contributed by atoms with Crippen molar-refractivity contribution in [2.24, 2.45) is 5.84 Å². The minimum absolute atomic E-state index is 0.0180. The van der Waals surface area contributed by atoms with Crippen molar-refractivity contribution < 1.29 is 4.39 Å². The van der Waals surface area contributed by atoms with E-state index in [9.17, 15) is 4.39 Å². The first-order valence-electron chi connectivity index (χ1n) is 7.66. The van der Waals surface area contributed by atoms with Gasteiger partial charge >= 0.3 is 0 Å². The summed E-state index contributed by atoms with van der Waals surface area (Å²) in [6.45, 7) is 6.62. The monoisotopic (exact) mass is 357 g/mol. The van der Waals surface area contributed by atoms with Crippen LogP contribution in [0.5, 0.6) is 0 Å². The minimum Gasteiger partial charge on any atom is -0.296 e. The second-order valence-electron chi connectivity index (χ2n) is 6.06. The lowest BCUT2D eigenvalue weighted by atomic mass is 9.84. The smallest absolute Gasteiger partial charge is 0.126 e. The van der Waals surface area contributed by atoms with Gasteiger partial charge in [-0.05, 0) is 69.5 Å². The van der Waals surface area contributed by atoms with Crippen molar-refractivity contribution in [1.82, 2.24) is 10.3 Å². The summed E-state index contributed by atoms with van der Waals surface area (Å²) in [4.78, 5) is 2.49. The molecule has 0 saturated carbocycles. The van der Waals surface area contributed by atoms with Crippen molar-refractivity contribution in [2.75, 3.05) is 13.1 Å². The summed E-state index contributed by atoms with van der Waals surface area (Å²) in [5.74, 6) is 5.66. The summed E-state index contributed by atoms with van der Waals surface area (Å²) in [5.41, 5.74) is 3.59. The largest absolute Gasteiger partial charge is 0.296 e. The molecule has 1 saturated heterocycles. The van der Waals surface area contributed by atoms with Gasteiger partial charge in [-0.3, -0.25) is 16.2 Å². The van der Waals surface area contributed by atoms with Gasteiger partial charge in [0.05, 0.1) is 0 Å². The van der Waals surface area contributed by atoms with E-state index >= 15 is 0 Å². The van der Waals surface area contributed by atoms with Crippen LogP contribution in [0.4, 0.5) is 4.39 Å². The zero-order chi connectivity index (χ0) is 15.5. The highest BCUT2D eigenvalue weighted by Gasteiger charge is 2.39. The van der Waals surface area contributed by atoms with Crippen LogP contribution in [0.2, 0.25) is 0 Å². The third-order valence-electron chi connectivity index (χ3n) is 4.93. The minimum atomic E-state index is -0.168. The normalized spacial score (nSPS) is 20.4. The third-order valence-corrected chi connectivity index (χ3v) is 5.42. The summed E-state index contributed by atoms with van der Waals surface area (Å²) >= 11 is 3.41. The maximum atomic E-state index is 14.0. The van der Waals surface area contributed by atoms with Crippen LogP contribution in [-0.2, 0) is 6.42 Å². The van der Waals surface area contributed by atoms with Crippen LogP contribution in [0.3, 0.4) is 0 Å². The fourth-order valence-corrected chi connectivity index (χ4v) is 3.70. The fraction of sp³-hybridized carbons (Fsp3) is 0.625. The van der Waals surface area contributed by atoms with Gasteiger partial charge in [-0.15, -0.1) is 0 Å². The van der Waals surface area contributed by atoms with E-state index in [4.69, 9.17) is 5.84 Å². The van der Waals surface area contributed by atoms with E-state index in [1.54, 1.807) is 6.07 Å². The molecule has 3 nitrogen and oxygen atoms in total. The Morgan fingerprint density at radius 3 is 2.67 bits per heavy atom. The average molecular weight is 358 g/mol. The number of hydrogen-bond acceptors (Lipinski definition) is 3. The molecule has 0 aliphatic carbocycles. The van der Waals surface area contributed by atoms with Crippen molar-refractivity contribution in [3.63, 3.8) is 0 Å². The van der Waals surface area contributed by atoms with E-state index in [1.165, 1.54) is 18.9 Å². The van der Waals surface area contributed by atoms with Gasteiger partial charge in [0.1, 0.15) is 5.82 Å². The summed E-state index contributed by atoms with van der Waals surface area (Å²) in [5, 5.41) is 0. The van der Waals surface area contributed by atoms with Gasteiger partial charge in [-0.25, -0.2) is 4.39 Å². The SMILES string of the molecule is CCC(C)(C(Cc1cc(Br)ccc1F)NN)N1CCCC1. The third kappa shape index (κ3) is 3.65. The zero-order valence-corrected chi connectivity index (χ0v) is 14.4. The first kappa shape index (κ1) is 16.9. The highest BCUT2D eigenvalue weighted by Crippen LogP contribution is 2.30. The number of hydrazine groups is 1. The molecule has 2 atom stereocenters. The number of nitrogens with one attached hydrogen (secondary N) is 1. The molecule has 1 aromatic carbocycles. The summed E-state index contributed by atoms with van der Waals surface area (Å²) in [6, 6.07) is 5.10. The van der Waals surface area contributed by atoms with Gasteiger partial charge in [0.15, 0.2) is 0 Å². The molecule has 1 aromatic rings. The summed E-state index contributed by atoms with van der Waals surface area (Å²) in [6.07, 6.45) is 4.04. The Morgan fingerprint density at radius 1 is 1.43 bits per heavy atom. The Morgan fingerprint density at radius 2 is 2.10 bits per heavy atom. The number of rotatable bonds is 6. The Bertz CT molecular complexity index is 477. The molecule has 1 fully saturated rings. The molecule has 1 aliphatic heterocycles. The molecule has 0 radical (unpaired) electrons. The molecular weight excluding hydrogens is 333 g/mol. The molecule has 2 rings (SSSR count). The molecule has 0 bridgehead atoms.